The molecule has 0 spiro atoms. The molecule has 0 amide bonds. The van der Waals surface area contributed by atoms with E-state index in [9.17, 15) is 0 Å². The van der Waals surface area contributed by atoms with E-state index in [-0.39, 0.29) is 27.3 Å². The summed E-state index contributed by atoms with van der Waals surface area (Å²) in [6.45, 7) is 0. The van der Waals surface area contributed by atoms with E-state index in [0.29, 0.717) is 0 Å². The van der Waals surface area contributed by atoms with Crippen molar-refractivity contribution in [3.05, 3.63) is 10.1 Å². The second-order valence-corrected chi connectivity index (χ2v) is 0.238. The maximum absolute atomic E-state index is 8.36. The van der Waals surface area contributed by atoms with Gasteiger partial charge in [-0.25, -0.2) is 0 Å². The summed E-state index contributed by atoms with van der Waals surface area (Å²) < 4.78 is 0. The standard InChI is InChI=1S/HNO3.Tl.H/c2-1(3)4;;/h(H,2,3,4);;. The van der Waals surface area contributed by atoms with Crippen LogP contribution >= 0.6 is 0 Å². The van der Waals surface area contributed by atoms with E-state index in [1.54, 1.807) is 0 Å². The first kappa shape index (κ1) is 8.93. The molecule has 0 aromatic rings. The van der Waals surface area contributed by atoms with Gasteiger partial charge in [0, 0.05) is 0 Å². The minimum absolute atomic E-state index is 0. The first-order valence-corrected chi connectivity index (χ1v) is 0.565. The molecule has 0 aromatic heterocycles. The van der Waals surface area contributed by atoms with Crippen molar-refractivity contribution in [2.24, 2.45) is 0 Å². The summed E-state index contributed by atoms with van der Waals surface area (Å²) in [5.74, 6) is 0. The molecule has 5 heavy (non-hydrogen) atoms. The van der Waals surface area contributed by atoms with Gasteiger partial charge in [0.25, 0.3) is 5.09 Å². The van der Waals surface area contributed by atoms with Gasteiger partial charge in [0.1, 0.15) is 0 Å². The fourth-order valence-electron chi connectivity index (χ4n) is 0. The van der Waals surface area contributed by atoms with Crippen LogP contribution in [-0.2, 0) is 0 Å². The molecule has 0 aliphatic carbocycles. The van der Waals surface area contributed by atoms with Crippen molar-refractivity contribution in [2.45, 2.75) is 0 Å². The van der Waals surface area contributed by atoms with Crippen molar-refractivity contribution >= 4 is 27.3 Å². The molecule has 0 rings (SSSR count). The van der Waals surface area contributed by atoms with Gasteiger partial charge >= 0.3 is 27.3 Å². The third-order valence-corrected chi connectivity index (χ3v) is 0. The summed E-state index contributed by atoms with van der Waals surface area (Å²) in [6.07, 6.45) is 0. The Morgan fingerprint density at radius 3 is 1.80 bits per heavy atom. The molecule has 0 fully saturated rings. The van der Waals surface area contributed by atoms with Crippen LogP contribution in [0.2, 0.25) is 0 Å². The summed E-state index contributed by atoms with van der Waals surface area (Å²) in [5, 5.41) is 13.6. The van der Waals surface area contributed by atoms with Crippen molar-refractivity contribution < 1.29 is 10.3 Å². The summed E-state index contributed by atoms with van der Waals surface area (Å²) in [5.41, 5.74) is 0. The molecule has 0 aromatic carbocycles. The molecular weight excluding hydrogens is 266 g/mol. The van der Waals surface area contributed by atoms with Gasteiger partial charge in [0.05, 0.1) is 0 Å². The van der Waals surface area contributed by atoms with Crippen molar-refractivity contribution in [3.8, 4) is 0 Å². The molecule has 4 nitrogen and oxygen atoms in total. The first-order valence-electron chi connectivity index (χ1n) is 0.565. The molecule has 0 saturated heterocycles. The Morgan fingerprint density at radius 1 is 1.80 bits per heavy atom. The zero-order valence-corrected chi connectivity index (χ0v) is 7.92. The van der Waals surface area contributed by atoms with Crippen LogP contribution < -0.4 is 0 Å². The number of nitrogens with zero attached hydrogens (tertiary/aromatic N) is 1. The van der Waals surface area contributed by atoms with Gasteiger partial charge in [-0.1, -0.05) is 0 Å². The Kier molecular flexibility index (Phi) is 7.36. The Labute approximate surface area is 48.1 Å². The van der Waals surface area contributed by atoms with Crippen LogP contribution in [0, 0.1) is 10.1 Å². The Bertz CT molecular complexity index is 29.9. The van der Waals surface area contributed by atoms with Gasteiger partial charge in [-0.05, 0) is 0 Å². The van der Waals surface area contributed by atoms with E-state index in [2.05, 4.69) is 0 Å². The minimum atomic E-state index is -1.50. The van der Waals surface area contributed by atoms with Gasteiger partial charge in [-0.15, -0.1) is 10.1 Å². The van der Waals surface area contributed by atoms with Crippen molar-refractivity contribution in [3.63, 3.8) is 0 Å². The van der Waals surface area contributed by atoms with Gasteiger partial charge in [0.2, 0.25) is 0 Å². The summed E-state index contributed by atoms with van der Waals surface area (Å²) in [4.78, 5) is 8.36. The molecule has 0 heterocycles. The molecule has 28 valence electrons. The van der Waals surface area contributed by atoms with Gasteiger partial charge in [-0.3, -0.25) is 0 Å². The van der Waals surface area contributed by atoms with E-state index in [1.165, 1.54) is 0 Å². The molecule has 1 radical (unpaired) electrons. The fraction of sp³-hybridized carbons (Fsp3) is 0. The Morgan fingerprint density at radius 2 is 1.80 bits per heavy atom. The molecule has 1 N–H and O–H groups in total. The van der Waals surface area contributed by atoms with Gasteiger partial charge in [-0.2, -0.15) is 0 Å². The predicted molar refractivity (Wildman–Crippen MR) is 15.9 cm³/mol. The van der Waals surface area contributed by atoms with Crippen LogP contribution in [0.3, 0.4) is 0 Å². The van der Waals surface area contributed by atoms with Gasteiger partial charge in [0.15, 0.2) is 0 Å². The molecule has 0 atom stereocenters. The second kappa shape index (κ2) is 4.12. The van der Waals surface area contributed by atoms with Crippen LogP contribution in [-0.4, -0.2) is 37.6 Å². The van der Waals surface area contributed by atoms with E-state index in [4.69, 9.17) is 15.3 Å². The molecule has 0 bridgehead atoms. The van der Waals surface area contributed by atoms with Crippen molar-refractivity contribution in [2.75, 3.05) is 0 Å². The van der Waals surface area contributed by atoms with Crippen molar-refractivity contribution in [1.82, 2.24) is 0 Å². The third kappa shape index (κ3) is 1250. The first-order chi connectivity index (χ1) is 1.73. The normalized spacial score (nSPS) is 4.80. The maximum atomic E-state index is 8.36. The zero-order valence-electron chi connectivity index (χ0n) is 2.42. The monoisotopic (exact) mass is 269 g/mol. The number of rotatable bonds is 0. The summed E-state index contributed by atoms with van der Waals surface area (Å²) >= 11 is 0. The zero-order chi connectivity index (χ0) is 3.58. The van der Waals surface area contributed by atoms with Gasteiger partial charge < -0.3 is 5.21 Å². The number of hydrogen-bond donors (Lipinski definition) is 1. The number of hydrogen-bond acceptors (Lipinski definition) is 2. The van der Waals surface area contributed by atoms with Crippen LogP contribution in [0.25, 0.3) is 0 Å². The molecular formula is H2NO3Tl. The average Bonchev–Trinajstić information content (AvgIpc) is 0.811. The molecule has 5 heteroatoms. The van der Waals surface area contributed by atoms with Crippen LogP contribution in [0.4, 0.5) is 0 Å². The van der Waals surface area contributed by atoms with Crippen LogP contribution in [0.15, 0.2) is 0 Å². The van der Waals surface area contributed by atoms with Crippen LogP contribution in [0.5, 0.6) is 0 Å². The SMILES string of the molecule is O=[N+]([O-])O.[TlH]. The fourth-order valence-corrected chi connectivity index (χ4v) is 0. The molecule has 0 aliphatic rings. The predicted octanol–water partition coefficient (Wildman–Crippen LogP) is -0.996. The van der Waals surface area contributed by atoms with E-state index < -0.39 is 5.09 Å². The second-order valence-electron chi connectivity index (χ2n) is 0.238. The summed E-state index contributed by atoms with van der Waals surface area (Å²) in [7, 11) is 0. The average molecular weight is 268 g/mol. The van der Waals surface area contributed by atoms with Crippen LogP contribution in [0.1, 0.15) is 0 Å². The molecule has 0 aliphatic heterocycles. The quantitative estimate of drug-likeness (QED) is 0.348. The third-order valence-electron chi connectivity index (χ3n) is 0. The van der Waals surface area contributed by atoms with E-state index >= 15 is 0 Å². The Balaban J connectivity index is 0. The molecule has 0 unspecified atom stereocenters. The van der Waals surface area contributed by atoms with E-state index in [0.717, 1.165) is 0 Å². The molecule has 0 saturated carbocycles. The topological polar surface area (TPSA) is 63.4 Å². The van der Waals surface area contributed by atoms with Crippen molar-refractivity contribution in [1.29, 1.82) is 0 Å². The van der Waals surface area contributed by atoms with E-state index in [1.807, 2.05) is 0 Å². The Hall–Kier alpha value is 0.122. The summed E-state index contributed by atoms with van der Waals surface area (Å²) in [6, 6.07) is 0.